The molecule has 0 spiro atoms. The molecule has 1 aromatic heterocycles. The first-order valence-electron chi connectivity index (χ1n) is 8.35. The molecule has 1 atom stereocenters. The van der Waals surface area contributed by atoms with Crippen LogP contribution in [0.25, 0.3) is 0 Å². The summed E-state index contributed by atoms with van der Waals surface area (Å²) >= 11 is 6.26. The van der Waals surface area contributed by atoms with Gasteiger partial charge in [0.1, 0.15) is 5.02 Å². The maximum atomic E-state index is 12.4. The molecule has 1 aliphatic rings. The number of aromatic nitrogens is 2. The Morgan fingerprint density at radius 3 is 2.88 bits per heavy atom. The van der Waals surface area contributed by atoms with Gasteiger partial charge in [-0.1, -0.05) is 41.9 Å². The van der Waals surface area contributed by atoms with E-state index >= 15 is 0 Å². The maximum absolute atomic E-state index is 12.4. The Hall–Kier alpha value is -1.85. The van der Waals surface area contributed by atoms with Crippen LogP contribution in [0.3, 0.4) is 0 Å². The van der Waals surface area contributed by atoms with Gasteiger partial charge in [0.2, 0.25) is 0 Å². The fourth-order valence-corrected chi connectivity index (χ4v) is 3.36. The summed E-state index contributed by atoms with van der Waals surface area (Å²) in [6.07, 6.45) is 4.07. The fraction of sp³-hybridized carbons (Fsp3) is 0.444. The lowest BCUT2D eigenvalue weighted by Gasteiger charge is -2.30. The van der Waals surface area contributed by atoms with Crippen molar-refractivity contribution in [3.8, 4) is 0 Å². The summed E-state index contributed by atoms with van der Waals surface area (Å²) in [4.78, 5) is 14.8. The van der Waals surface area contributed by atoms with Crippen LogP contribution in [0.1, 0.15) is 18.4 Å². The van der Waals surface area contributed by atoms with Gasteiger partial charge in [0.25, 0.3) is 5.56 Å². The zero-order valence-corrected chi connectivity index (χ0v) is 14.7. The van der Waals surface area contributed by atoms with E-state index in [9.17, 15) is 4.79 Å². The van der Waals surface area contributed by atoms with Crippen molar-refractivity contribution in [2.75, 3.05) is 32.0 Å². The van der Waals surface area contributed by atoms with Crippen molar-refractivity contribution in [3.05, 3.63) is 57.5 Å². The van der Waals surface area contributed by atoms with Crippen molar-refractivity contribution in [2.24, 2.45) is 5.92 Å². The monoisotopic (exact) mass is 346 g/mol. The number of likely N-dealkylation sites (tertiary alicyclic amines) is 1. The van der Waals surface area contributed by atoms with Crippen LogP contribution in [0, 0.1) is 5.92 Å². The third-order valence-corrected chi connectivity index (χ3v) is 4.83. The third-order valence-electron chi connectivity index (χ3n) is 4.46. The Morgan fingerprint density at radius 2 is 2.12 bits per heavy atom. The van der Waals surface area contributed by atoms with Crippen LogP contribution in [0.2, 0.25) is 5.02 Å². The van der Waals surface area contributed by atoms with Crippen LogP contribution in [-0.2, 0) is 6.54 Å². The number of halogens is 1. The Balaban J connectivity index is 1.67. The van der Waals surface area contributed by atoms with Crippen molar-refractivity contribution in [3.63, 3.8) is 0 Å². The van der Waals surface area contributed by atoms with Crippen molar-refractivity contribution in [1.82, 2.24) is 14.7 Å². The quantitative estimate of drug-likeness (QED) is 0.904. The smallest absolute Gasteiger partial charge is 0.287 e. The zero-order chi connectivity index (χ0) is 16.9. The van der Waals surface area contributed by atoms with Gasteiger partial charge in [-0.2, -0.15) is 5.10 Å². The molecule has 2 heterocycles. The molecule has 1 unspecified atom stereocenters. The zero-order valence-electron chi connectivity index (χ0n) is 13.9. The fourth-order valence-electron chi connectivity index (χ4n) is 3.15. The van der Waals surface area contributed by atoms with E-state index in [0.29, 0.717) is 18.2 Å². The second-order valence-corrected chi connectivity index (χ2v) is 6.85. The lowest BCUT2D eigenvalue weighted by atomic mass is 9.98. The summed E-state index contributed by atoms with van der Waals surface area (Å²) in [7, 11) is 2.14. The summed E-state index contributed by atoms with van der Waals surface area (Å²) in [5.41, 5.74) is 1.39. The minimum atomic E-state index is -0.258. The molecule has 0 amide bonds. The highest BCUT2D eigenvalue weighted by atomic mass is 35.5. The lowest BCUT2D eigenvalue weighted by molar-refractivity contribution is 0.217. The molecule has 1 N–H and O–H groups in total. The number of nitrogens with zero attached hydrogens (tertiary/aromatic N) is 3. The van der Waals surface area contributed by atoms with Crippen LogP contribution >= 0.6 is 11.6 Å². The first-order chi connectivity index (χ1) is 11.6. The predicted octanol–water partition coefficient (Wildman–Crippen LogP) is 2.70. The SMILES string of the molecule is CN1CCCC(CNc2cnn(Cc3ccccc3)c(=O)c2Cl)C1. The minimum Gasteiger partial charge on any atom is -0.382 e. The summed E-state index contributed by atoms with van der Waals surface area (Å²) < 4.78 is 1.40. The molecule has 24 heavy (non-hydrogen) atoms. The Labute approximate surface area is 147 Å². The Morgan fingerprint density at radius 1 is 1.33 bits per heavy atom. The average Bonchev–Trinajstić information content (AvgIpc) is 2.59. The van der Waals surface area contributed by atoms with Gasteiger partial charge in [-0.25, -0.2) is 4.68 Å². The average molecular weight is 347 g/mol. The molecule has 128 valence electrons. The van der Waals surface area contributed by atoms with E-state index in [-0.39, 0.29) is 10.6 Å². The number of piperidine rings is 1. The largest absolute Gasteiger partial charge is 0.382 e. The van der Waals surface area contributed by atoms with Crippen molar-refractivity contribution < 1.29 is 0 Å². The number of anilines is 1. The number of hydrogen-bond donors (Lipinski definition) is 1. The maximum Gasteiger partial charge on any atom is 0.287 e. The second-order valence-electron chi connectivity index (χ2n) is 6.47. The molecule has 0 bridgehead atoms. The molecule has 1 aromatic carbocycles. The van der Waals surface area contributed by atoms with Crippen LogP contribution in [0.4, 0.5) is 5.69 Å². The molecule has 3 rings (SSSR count). The summed E-state index contributed by atoms with van der Waals surface area (Å²) in [6, 6.07) is 9.77. The molecular weight excluding hydrogens is 324 g/mol. The predicted molar refractivity (Wildman–Crippen MR) is 97.8 cm³/mol. The Bertz CT molecular complexity index is 732. The third kappa shape index (κ3) is 4.16. The van der Waals surface area contributed by atoms with Gasteiger partial charge >= 0.3 is 0 Å². The lowest BCUT2D eigenvalue weighted by Crippen LogP contribution is -2.35. The van der Waals surface area contributed by atoms with E-state index < -0.39 is 0 Å². The van der Waals surface area contributed by atoms with Gasteiger partial charge in [-0.3, -0.25) is 4.79 Å². The normalized spacial score (nSPS) is 18.5. The van der Waals surface area contributed by atoms with Gasteiger partial charge in [0, 0.05) is 13.1 Å². The number of hydrogen-bond acceptors (Lipinski definition) is 4. The van der Waals surface area contributed by atoms with E-state index in [0.717, 1.165) is 25.2 Å². The molecule has 0 saturated carbocycles. The highest BCUT2D eigenvalue weighted by Crippen LogP contribution is 2.19. The molecule has 6 heteroatoms. The topological polar surface area (TPSA) is 50.2 Å². The van der Waals surface area contributed by atoms with Crippen molar-refractivity contribution in [1.29, 1.82) is 0 Å². The van der Waals surface area contributed by atoms with Gasteiger partial charge in [-0.05, 0) is 37.9 Å². The van der Waals surface area contributed by atoms with Crippen LogP contribution in [0.15, 0.2) is 41.3 Å². The van der Waals surface area contributed by atoms with E-state index in [4.69, 9.17) is 11.6 Å². The standard InChI is InChI=1S/C18H23ClN4O/c1-22-9-5-8-15(12-22)10-20-16-11-21-23(18(24)17(16)19)13-14-6-3-2-4-7-14/h2-4,6-7,11,15,20H,5,8-10,12-13H2,1H3. The molecule has 1 saturated heterocycles. The molecule has 5 nitrogen and oxygen atoms in total. The van der Waals surface area contributed by atoms with Crippen molar-refractivity contribution in [2.45, 2.75) is 19.4 Å². The molecule has 0 radical (unpaired) electrons. The van der Waals surface area contributed by atoms with E-state index in [2.05, 4.69) is 22.4 Å². The van der Waals surface area contributed by atoms with Gasteiger partial charge in [-0.15, -0.1) is 0 Å². The van der Waals surface area contributed by atoms with E-state index in [1.807, 2.05) is 30.3 Å². The highest BCUT2D eigenvalue weighted by molar-refractivity contribution is 6.32. The van der Waals surface area contributed by atoms with Gasteiger partial charge in [0.15, 0.2) is 0 Å². The van der Waals surface area contributed by atoms with Crippen LogP contribution in [0.5, 0.6) is 0 Å². The second kappa shape index (κ2) is 7.81. The molecule has 1 aliphatic heterocycles. The van der Waals surface area contributed by atoms with Gasteiger partial charge in [0.05, 0.1) is 18.4 Å². The Kier molecular flexibility index (Phi) is 5.53. The summed E-state index contributed by atoms with van der Waals surface area (Å²) in [5, 5.41) is 7.77. The number of rotatable bonds is 5. The summed E-state index contributed by atoms with van der Waals surface area (Å²) in [6.45, 7) is 3.47. The number of nitrogens with one attached hydrogen (secondary N) is 1. The molecule has 2 aromatic rings. The van der Waals surface area contributed by atoms with Crippen molar-refractivity contribution >= 4 is 17.3 Å². The van der Waals surface area contributed by atoms with E-state index in [1.165, 1.54) is 17.5 Å². The first kappa shape index (κ1) is 17.0. The first-order valence-corrected chi connectivity index (χ1v) is 8.73. The summed E-state index contributed by atoms with van der Waals surface area (Å²) in [5.74, 6) is 0.576. The van der Waals surface area contributed by atoms with E-state index in [1.54, 1.807) is 6.20 Å². The molecular formula is C18H23ClN4O. The minimum absolute atomic E-state index is 0.213. The molecule has 1 fully saturated rings. The van der Waals surface area contributed by atoms with Gasteiger partial charge < -0.3 is 10.2 Å². The highest BCUT2D eigenvalue weighted by Gasteiger charge is 2.18. The molecule has 0 aliphatic carbocycles. The van der Waals surface area contributed by atoms with Crippen LogP contribution in [-0.4, -0.2) is 41.4 Å². The van der Waals surface area contributed by atoms with Crippen LogP contribution < -0.4 is 10.9 Å². The number of benzene rings is 1.